The molecule has 11 nitrogen and oxygen atoms in total. The normalized spacial score (nSPS) is 14.7. The fourth-order valence-corrected chi connectivity index (χ4v) is 4.31. The number of anilines is 1. The van der Waals surface area contributed by atoms with Crippen LogP contribution in [0.1, 0.15) is 50.3 Å². The molecule has 3 aromatic heterocycles. The molecule has 1 fully saturated rings. The van der Waals surface area contributed by atoms with Crippen molar-refractivity contribution in [2.24, 2.45) is 5.92 Å². The van der Waals surface area contributed by atoms with Crippen LogP contribution in [0.15, 0.2) is 50.9 Å². The quantitative estimate of drug-likeness (QED) is 0.448. The van der Waals surface area contributed by atoms with Crippen LogP contribution in [0.5, 0.6) is 11.5 Å². The van der Waals surface area contributed by atoms with Gasteiger partial charge in [-0.15, -0.1) is 0 Å². The van der Waals surface area contributed by atoms with E-state index >= 15 is 0 Å². The van der Waals surface area contributed by atoms with E-state index < -0.39 is 11.6 Å². The second-order valence-corrected chi connectivity index (χ2v) is 8.68. The summed E-state index contributed by atoms with van der Waals surface area (Å²) in [5, 5.41) is 20.3. The zero-order valence-corrected chi connectivity index (χ0v) is 19.6. The van der Waals surface area contributed by atoms with E-state index in [4.69, 9.17) is 14.3 Å². The third-order valence-electron chi connectivity index (χ3n) is 6.10. The van der Waals surface area contributed by atoms with Crippen molar-refractivity contribution >= 4 is 11.7 Å². The Labute approximate surface area is 201 Å². The Hall–Kier alpha value is -3.73. The van der Waals surface area contributed by atoms with Gasteiger partial charge >= 0.3 is 0 Å². The molecule has 2 N–H and O–H groups in total. The molecule has 1 amide bonds. The number of nitrogens with zero attached hydrogens (tertiary/aromatic N) is 4. The van der Waals surface area contributed by atoms with Gasteiger partial charge in [0.25, 0.3) is 11.5 Å². The monoisotopic (exact) mass is 483 g/mol. The lowest BCUT2D eigenvalue weighted by atomic mass is 9.98. The number of aliphatic hydroxyl groups is 1. The fraction of sp³-hybridized carbons (Fsp3) is 0.458. The van der Waals surface area contributed by atoms with Crippen molar-refractivity contribution < 1.29 is 19.1 Å². The van der Waals surface area contributed by atoms with E-state index in [1.54, 1.807) is 23.9 Å². The summed E-state index contributed by atoms with van der Waals surface area (Å²) in [6.07, 6.45) is 9.52. The summed E-state index contributed by atoms with van der Waals surface area (Å²) in [5.74, 6) is 0.627. The molecule has 0 spiro atoms. The smallest absolute Gasteiger partial charge is 0.271 e. The summed E-state index contributed by atoms with van der Waals surface area (Å²) in [7, 11) is 0. The molecule has 1 unspecified atom stereocenters. The lowest BCUT2D eigenvalue weighted by molar-refractivity contribution is -0.120. The number of rotatable bonds is 10. The highest BCUT2D eigenvalue weighted by Crippen LogP contribution is 2.32. The van der Waals surface area contributed by atoms with E-state index in [1.165, 1.54) is 24.6 Å². The number of aryl methyl sites for hydroxylation is 2. The lowest BCUT2D eigenvalue weighted by Crippen LogP contribution is -2.36. The third-order valence-corrected chi connectivity index (χ3v) is 6.10. The van der Waals surface area contributed by atoms with Crippen LogP contribution in [0.3, 0.4) is 0 Å². The van der Waals surface area contributed by atoms with Gasteiger partial charge in [-0.1, -0.05) is 25.7 Å². The molecule has 1 saturated carbocycles. The van der Waals surface area contributed by atoms with Gasteiger partial charge in [0.1, 0.15) is 11.8 Å². The Morgan fingerprint density at radius 3 is 2.83 bits per heavy atom. The maximum Gasteiger partial charge on any atom is 0.271 e. The number of carbonyl (C=O) groups is 1. The molecule has 1 atom stereocenters. The van der Waals surface area contributed by atoms with Crippen LogP contribution in [0.4, 0.5) is 5.82 Å². The van der Waals surface area contributed by atoms with E-state index in [0.29, 0.717) is 31.1 Å². The summed E-state index contributed by atoms with van der Waals surface area (Å²) >= 11 is 0. The van der Waals surface area contributed by atoms with Crippen molar-refractivity contribution in [2.75, 3.05) is 11.9 Å². The Bertz CT molecular complexity index is 1270. The number of nitrogens with one attached hydrogen (secondary N) is 1. The van der Waals surface area contributed by atoms with Gasteiger partial charge in [0.2, 0.25) is 11.2 Å². The summed E-state index contributed by atoms with van der Waals surface area (Å²) in [6, 6.07) is 3.27. The molecule has 3 aromatic rings. The van der Waals surface area contributed by atoms with Crippen molar-refractivity contribution in [3.63, 3.8) is 0 Å². The van der Waals surface area contributed by atoms with Gasteiger partial charge in [-0.3, -0.25) is 19.1 Å². The molecule has 3 heterocycles. The Morgan fingerprint density at radius 1 is 1.31 bits per heavy atom. The summed E-state index contributed by atoms with van der Waals surface area (Å²) in [6.45, 7) is 2.16. The van der Waals surface area contributed by atoms with Crippen LogP contribution in [-0.2, 0) is 11.3 Å². The minimum atomic E-state index is -0.828. The topological polar surface area (TPSA) is 141 Å². The zero-order chi connectivity index (χ0) is 24.8. The first-order chi connectivity index (χ1) is 16.9. The average Bonchev–Trinajstić information content (AvgIpc) is 3.51. The summed E-state index contributed by atoms with van der Waals surface area (Å²) < 4.78 is 13.5. The van der Waals surface area contributed by atoms with Gasteiger partial charge in [0.15, 0.2) is 11.6 Å². The standard InChI is InChI=1S/C24H29N5O6/c1-16-23(20(31)8-12-34-16)35-18-14-22(32)29(25-15-18)19(13-17-5-2-3-6-17)24(33)26-21-7-10-28(27-21)9-4-11-30/h7-8,10,12,14-15,17,19,30H,2-6,9,11,13H2,1H3,(H,26,27,33). The van der Waals surface area contributed by atoms with E-state index in [0.717, 1.165) is 30.4 Å². The highest BCUT2D eigenvalue weighted by Gasteiger charge is 2.29. The van der Waals surface area contributed by atoms with Gasteiger partial charge in [0.05, 0.1) is 12.5 Å². The number of carbonyl (C=O) groups excluding carboxylic acids is 1. The molecule has 0 aromatic carbocycles. The van der Waals surface area contributed by atoms with Gasteiger partial charge in [-0.2, -0.15) is 10.2 Å². The molecule has 1 aliphatic carbocycles. The number of hydrogen-bond donors (Lipinski definition) is 2. The van der Waals surface area contributed by atoms with Crippen LogP contribution >= 0.6 is 0 Å². The molecule has 4 rings (SSSR count). The largest absolute Gasteiger partial charge is 0.465 e. The Balaban J connectivity index is 1.56. The summed E-state index contributed by atoms with van der Waals surface area (Å²) in [5.41, 5.74) is -0.901. The maximum absolute atomic E-state index is 13.3. The maximum atomic E-state index is 13.3. The van der Waals surface area contributed by atoms with Crippen molar-refractivity contribution in [3.05, 3.63) is 63.2 Å². The molecule has 11 heteroatoms. The number of ether oxygens (including phenoxy) is 1. The fourth-order valence-electron chi connectivity index (χ4n) is 4.31. The molecule has 1 aliphatic rings. The number of hydrogen-bond acceptors (Lipinski definition) is 8. The van der Waals surface area contributed by atoms with Crippen molar-refractivity contribution in [3.8, 4) is 11.5 Å². The van der Waals surface area contributed by atoms with Crippen LogP contribution < -0.4 is 21.0 Å². The highest BCUT2D eigenvalue weighted by atomic mass is 16.5. The predicted molar refractivity (Wildman–Crippen MR) is 126 cm³/mol. The van der Waals surface area contributed by atoms with Gasteiger partial charge in [0, 0.05) is 37.5 Å². The minimum Gasteiger partial charge on any atom is -0.465 e. The minimum absolute atomic E-state index is 0.0246. The van der Waals surface area contributed by atoms with E-state index in [1.807, 2.05) is 0 Å². The second-order valence-electron chi connectivity index (χ2n) is 8.68. The molecule has 35 heavy (non-hydrogen) atoms. The number of aromatic nitrogens is 4. The van der Waals surface area contributed by atoms with Crippen molar-refractivity contribution in [1.82, 2.24) is 19.6 Å². The van der Waals surface area contributed by atoms with Crippen LogP contribution in [0.25, 0.3) is 0 Å². The lowest BCUT2D eigenvalue weighted by Gasteiger charge is -2.21. The molecule has 0 radical (unpaired) electrons. The number of aliphatic hydroxyl groups excluding tert-OH is 1. The van der Waals surface area contributed by atoms with E-state index in [-0.39, 0.29) is 35.2 Å². The first-order valence-electron chi connectivity index (χ1n) is 11.7. The summed E-state index contributed by atoms with van der Waals surface area (Å²) in [4.78, 5) is 38.3. The number of amides is 1. The van der Waals surface area contributed by atoms with Crippen LogP contribution in [0.2, 0.25) is 0 Å². The van der Waals surface area contributed by atoms with Gasteiger partial charge in [-0.05, 0) is 25.7 Å². The first kappa shape index (κ1) is 24.4. The average molecular weight is 484 g/mol. The Kier molecular flexibility index (Phi) is 7.76. The molecule has 0 saturated heterocycles. The molecule has 0 aliphatic heterocycles. The molecule has 186 valence electrons. The zero-order valence-electron chi connectivity index (χ0n) is 19.6. The highest BCUT2D eigenvalue weighted by molar-refractivity contribution is 5.92. The van der Waals surface area contributed by atoms with E-state index in [9.17, 15) is 14.4 Å². The van der Waals surface area contributed by atoms with E-state index in [2.05, 4.69) is 15.5 Å². The van der Waals surface area contributed by atoms with Gasteiger partial charge in [-0.25, -0.2) is 4.68 Å². The van der Waals surface area contributed by atoms with Crippen LogP contribution in [0, 0.1) is 12.8 Å². The van der Waals surface area contributed by atoms with Crippen LogP contribution in [-0.4, -0.2) is 37.2 Å². The molecular weight excluding hydrogens is 454 g/mol. The second kappa shape index (κ2) is 11.1. The predicted octanol–water partition coefficient (Wildman–Crippen LogP) is 2.64. The van der Waals surface area contributed by atoms with Crippen molar-refractivity contribution in [1.29, 1.82) is 0 Å². The molecule has 0 bridgehead atoms. The molecular formula is C24H29N5O6. The van der Waals surface area contributed by atoms with Crippen molar-refractivity contribution in [2.45, 2.75) is 58.0 Å². The Morgan fingerprint density at radius 2 is 2.11 bits per heavy atom. The third kappa shape index (κ3) is 6.04. The first-order valence-corrected chi connectivity index (χ1v) is 11.7. The SMILES string of the molecule is Cc1occc(=O)c1Oc1cnn(C(CC2CCCC2)C(=O)Nc2ccn(CCCO)n2)c(=O)c1. The van der Waals surface area contributed by atoms with Gasteiger partial charge < -0.3 is 19.6 Å².